The van der Waals surface area contributed by atoms with Crippen LogP contribution in [-0.4, -0.2) is 91.5 Å². The van der Waals surface area contributed by atoms with E-state index in [0.717, 1.165) is 67.3 Å². The maximum atomic E-state index is 12.7. The Balaban J connectivity index is 1.36. The predicted molar refractivity (Wildman–Crippen MR) is 128 cm³/mol. The molecule has 8 nitrogen and oxygen atoms in total. The Bertz CT molecular complexity index is 908. The molecule has 2 aliphatic rings. The molecule has 1 N–H and O–H groups in total. The molecule has 2 aromatic rings. The summed E-state index contributed by atoms with van der Waals surface area (Å²) >= 11 is 1.66. The van der Waals surface area contributed by atoms with Gasteiger partial charge in [-0.2, -0.15) is 4.98 Å². The lowest BCUT2D eigenvalue weighted by Crippen LogP contribution is -2.50. The summed E-state index contributed by atoms with van der Waals surface area (Å²) in [6, 6.07) is 9.94. The molecule has 4 rings (SSSR count). The van der Waals surface area contributed by atoms with Crippen LogP contribution in [0.4, 0.5) is 22.2 Å². The first-order valence-electron chi connectivity index (χ1n) is 10.8. The number of aromatic nitrogens is 2. The van der Waals surface area contributed by atoms with Crippen molar-refractivity contribution < 1.29 is 4.79 Å². The summed E-state index contributed by atoms with van der Waals surface area (Å²) in [5.41, 5.74) is 1.81. The number of piperazine rings is 2. The molecule has 2 amide bonds. The highest BCUT2D eigenvalue weighted by Crippen LogP contribution is 2.21. The second kappa shape index (κ2) is 9.74. The normalized spacial score (nSPS) is 17.7. The first kappa shape index (κ1) is 21.7. The molecular formula is C22H31N7OS. The molecule has 1 aromatic heterocycles. The zero-order chi connectivity index (χ0) is 21.8. The van der Waals surface area contributed by atoms with Crippen molar-refractivity contribution in [1.82, 2.24) is 19.8 Å². The second-order valence-electron chi connectivity index (χ2n) is 8.09. The Morgan fingerprint density at radius 2 is 1.68 bits per heavy atom. The van der Waals surface area contributed by atoms with E-state index in [-0.39, 0.29) is 6.03 Å². The van der Waals surface area contributed by atoms with E-state index in [4.69, 9.17) is 4.98 Å². The summed E-state index contributed by atoms with van der Waals surface area (Å²) in [6.45, 7) is 8.84. The fourth-order valence-corrected chi connectivity index (χ4v) is 4.35. The van der Waals surface area contributed by atoms with Crippen molar-refractivity contribution in [3.8, 4) is 0 Å². The van der Waals surface area contributed by atoms with Crippen molar-refractivity contribution in [3.63, 3.8) is 0 Å². The summed E-state index contributed by atoms with van der Waals surface area (Å²) in [6.07, 6.45) is 2.03. The van der Waals surface area contributed by atoms with Crippen LogP contribution >= 0.6 is 11.8 Å². The monoisotopic (exact) mass is 441 g/mol. The van der Waals surface area contributed by atoms with Gasteiger partial charge in [0, 0.05) is 74.7 Å². The van der Waals surface area contributed by atoms with Crippen molar-refractivity contribution in [2.24, 2.45) is 0 Å². The molecule has 0 saturated carbocycles. The molecule has 31 heavy (non-hydrogen) atoms. The number of hydrogen-bond donors (Lipinski definition) is 1. The predicted octanol–water partition coefficient (Wildman–Crippen LogP) is 2.61. The number of nitrogens with zero attached hydrogens (tertiary/aromatic N) is 6. The van der Waals surface area contributed by atoms with Crippen LogP contribution in [0.25, 0.3) is 0 Å². The number of thioether (sulfide) groups is 1. The minimum atomic E-state index is -0.0545. The van der Waals surface area contributed by atoms with Crippen LogP contribution in [0.2, 0.25) is 0 Å². The highest BCUT2D eigenvalue weighted by atomic mass is 32.2. The van der Waals surface area contributed by atoms with Crippen LogP contribution in [0.5, 0.6) is 0 Å². The number of aryl methyl sites for hydroxylation is 1. The van der Waals surface area contributed by atoms with Gasteiger partial charge >= 0.3 is 6.03 Å². The van der Waals surface area contributed by atoms with Gasteiger partial charge in [-0.3, -0.25) is 0 Å². The Labute approximate surface area is 188 Å². The number of carbonyl (C=O) groups is 1. The summed E-state index contributed by atoms with van der Waals surface area (Å²) < 4.78 is 0. The van der Waals surface area contributed by atoms with E-state index in [1.165, 1.54) is 0 Å². The maximum Gasteiger partial charge on any atom is 0.321 e. The first-order valence-corrected chi connectivity index (χ1v) is 12.0. The summed E-state index contributed by atoms with van der Waals surface area (Å²) in [5.74, 6) is 1.77. The standard InChI is InChI=1S/C22H31N7OS/c1-17-15-20(27-9-7-26(2)8-10-27)25-21(23-17)28-11-13-29(14-12-28)22(30)24-18-5-4-6-19(16-18)31-3/h4-6,15-16H,7-14H2,1-3H3,(H,24,30). The number of carbonyl (C=O) groups excluding carboxylic acids is 1. The van der Waals surface area contributed by atoms with Gasteiger partial charge in [-0.1, -0.05) is 6.07 Å². The maximum absolute atomic E-state index is 12.7. The molecule has 0 aliphatic carbocycles. The largest absolute Gasteiger partial charge is 0.354 e. The molecule has 0 radical (unpaired) electrons. The van der Waals surface area contributed by atoms with E-state index < -0.39 is 0 Å². The summed E-state index contributed by atoms with van der Waals surface area (Å²) in [7, 11) is 2.16. The number of nitrogens with one attached hydrogen (secondary N) is 1. The minimum Gasteiger partial charge on any atom is -0.354 e. The fourth-order valence-electron chi connectivity index (χ4n) is 3.89. The second-order valence-corrected chi connectivity index (χ2v) is 8.97. The molecule has 166 valence electrons. The van der Waals surface area contributed by atoms with Gasteiger partial charge in [0.2, 0.25) is 5.95 Å². The quantitative estimate of drug-likeness (QED) is 0.732. The van der Waals surface area contributed by atoms with Gasteiger partial charge in [-0.25, -0.2) is 9.78 Å². The fraction of sp³-hybridized carbons (Fsp3) is 0.500. The average Bonchev–Trinajstić information content (AvgIpc) is 2.79. The molecule has 2 aliphatic heterocycles. The third-order valence-electron chi connectivity index (χ3n) is 5.83. The Kier molecular flexibility index (Phi) is 6.82. The van der Waals surface area contributed by atoms with Gasteiger partial charge in [-0.15, -0.1) is 11.8 Å². The molecule has 0 spiro atoms. The SMILES string of the molecule is CSc1cccc(NC(=O)N2CCN(c3nc(C)cc(N4CCN(C)CC4)n3)CC2)c1. The lowest BCUT2D eigenvalue weighted by Gasteiger charge is -2.36. The third-order valence-corrected chi connectivity index (χ3v) is 6.55. The molecule has 1 aromatic carbocycles. The van der Waals surface area contributed by atoms with Gasteiger partial charge < -0.3 is 24.9 Å². The molecule has 9 heteroatoms. The topological polar surface area (TPSA) is 67.8 Å². The van der Waals surface area contributed by atoms with Crippen LogP contribution < -0.4 is 15.1 Å². The van der Waals surface area contributed by atoms with Gasteiger partial charge in [0.15, 0.2) is 0 Å². The zero-order valence-electron chi connectivity index (χ0n) is 18.5. The highest BCUT2D eigenvalue weighted by Gasteiger charge is 2.24. The number of anilines is 3. The Morgan fingerprint density at radius 3 is 2.39 bits per heavy atom. The smallest absolute Gasteiger partial charge is 0.321 e. The van der Waals surface area contributed by atoms with E-state index in [1.54, 1.807) is 11.8 Å². The van der Waals surface area contributed by atoms with Crippen LogP contribution in [0.15, 0.2) is 35.2 Å². The van der Waals surface area contributed by atoms with Gasteiger partial charge in [-0.05, 0) is 38.4 Å². The number of benzene rings is 1. The number of urea groups is 1. The zero-order valence-corrected chi connectivity index (χ0v) is 19.4. The van der Waals surface area contributed by atoms with Gasteiger partial charge in [0.25, 0.3) is 0 Å². The van der Waals surface area contributed by atoms with E-state index in [0.29, 0.717) is 13.1 Å². The van der Waals surface area contributed by atoms with Crippen LogP contribution in [0.1, 0.15) is 5.69 Å². The number of rotatable bonds is 4. The first-order chi connectivity index (χ1) is 15.0. The van der Waals surface area contributed by atoms with Crippen LogP contribution in [0, 0.1) is 6.92 Å². The number of amides is 2. The molecule has 0 atom stereocenters. The minimum absolute atomic E-state index is 0.0545. The van der Waals surface area contributed by atoms with Crippen molar-refractivity contribution in [3.05, 3.63) is 36.0 Å². The van der Waals surface area contributed by atoms with E-state index in [9.17, 15) is 4.79 Å². The molecule has 0 bridgehead atoms. The molecular weight excluding hydrogens is 410 g/mol. The molecule has 3 heterocycles. The van der Waals surface area contributed by atoms with E-state index in [1.807, 2.05) is 42.3 Å². The van der Waals surface area contributed by atoms with Crippen molar-refractivity contribution >= 4 is 35.2 Å². The van der Waals surface area contributed by atoms with Crippen LogP contribution in [0.3, 0.4) is 0 Å². The third kappa shape index (κ3) is 5.40. The highest BCUT2D eigenvalue weighted by molar-refractivity contribution is 7.98. The number of hydrogen-bond acceptors (Lipinski definition) is 7. The van der Waals surface area contributed by atoms with E-state index in [2.05, 4.69) is 38.1 Å². The van der Waals surface area contributed by atoms with Gasteiger partial charge in [0.1, 0.15) is 5.82 Å². The average molecular weight is 442 g/mol. The molecule has 2 saturated heterocycles. The Morgan fingerprint density at radius 1 is 0.968 bits per heavy atom. The molecule has 2 fully saturated rings. The molecule has 0 unspecified atom stereocenters. The summed E-state index contributed by atoms with van der Waals surface area (Å²) in [5, 5.41) is 3.02. The van der Waals surface area contributed by atoms with Crippen molar-refractivity contribution in [2.45, 2.75) is 11.8 Å². The van der Waals surface area contributed by atoms with Crippen molar-refractivity contribution in [2.75, 3.05) is 80.8 Å². The Hall–Kier alpha value is -2.52. The van der Waals surface area contributed by atoms with Crippen molar-refractivity contribution in [1.29, 1.82) is 0 Å². The lowest BCUT2D eigenvalue weighted by atomic mass is 10.3. The number of likely N-dealkylation sites (N-methyl/N-ethyl adjacent to an activating group) is 1. The van der Waals surface area contributed by atoms with E-state index >= 15 is 0 Å². The summed E-state index contributed by atoms with van der Waals surface area (Å²) in [4.78, 5) is 32.1. The van der Waals surface area contributed by atoms with Crippen LogP contribution in [-0.2, 0) is 0 Å². The van der Waals surface area contributed by atoms with Gasteiger partial charge in [0.05, 0.1) is 0 Å². The lowest BCUT2D eigenvalue weighted by molar-refractivity contribution is 0.208.